The van der Waals surface area contributed by atoms with Crippen molar-refractivity contribution in [3.63, 3.8) is 0 Å². The molecular formula is C39H41N5O3. The molecule has 5 aromatic rings. The van der Waals surface area contributed by atoms with Gasteiger partial charge in [-0.05, 0) is 63.4 Å². The molecule has 0 N–H and O–H groups in total. The number of carbonyl (C=O) groups is 1. The van der Waals surface area contributed by atoms with E-state index in [0.717, 1.165) is 83.0 Å². The van der Waals surface area contributed by atoms with Gasteiger partial charge < -0.3 is 14.4 Å². The van der Waals surface area contributed by atoms with Gasteiger partial charge in [0.2, 0.25) is 0 Å². The van der Waals surface area contributed by atoms with Crippen LogP contribution in [0.5, 0.6) is 0 Å². The molecule has 47 heavy (non-hydrogen) atoms. The van der Waals surface area contributed by atoms with Gasteiger partial charge in [-0.2, -0.15) is 0 Å². The molecule has 8 nitrogen and oxygen atoms in total. The first-order valence-corrected chi connectivity index (χ1v) is 16.4. The Bertz CT molecular complexity index is 1780. The van der Waals surface area contributed by atoms with Gasteiger partial charge >= 0.3 is 5.97 Å². The summed E-state index contributed by atoms with van der Waals surface area (Å²) < 4.78 is 11.1. The van der Waals surface area contributed by atoms with Gasteiger partial charge in [0.1, 0.15) is 5.82 Å². The molecule has 1 fully saturated rings. The zero-order chi connectivity index (χ0) is 32.6. The molecule has 1 unspecified atom stereocenters. The molecular weight excluding hydrogens is 586 g/mol. The number of aliphatic imine (C=N–C) groups is 1. The number of hydrogen-bond acceptors (Lipinski definition) is 8. The molecule has 3 aromatic heterocycles. The predicted octanol–water partition coefficient (Wildman–Crippen LogP) is 7.62. The van der Waals surface area contributed by atoms with E-state index in [4.69, 9.17) is 29.4 Å². The zero-order valence-corrected chi connectivity index (χ0v) is 27.3. The van der Waals surface area contributed by atoms with Crippen LogP contribution in [0.15, 0.2) is 108 Å². The molecule has 0 amide bonds. The summed E-state index contributed by atoms with van der Waals surface area (Å²) in [4.78, 5) is 34.0. The van der Waals surface area contributed by atoms with Crippen molar-refractivity contribution >= 4 is 28.4 Å². The van der Waals surface area contributed by atoms with Gasteiger partial charge in [-0.1, -0.05) is 66.7 Å². The number of pyridine rings is 3. The summed E-state index contributed by atoms with van der Waals surface area (Å²) >= 11 is 0. The Kier molecular flexibility index (Phi) is 10.3. The van der Waals surface area contributed by atoms with E-state index in [2.05, 4.69) is 61.2 Å². The second kappa shape index (κ2) is 15.1. The number of fused-ring (bicyclic) bond motifs is 1. The summed E-state index contributed by atoms with van der Waals surface area (Å²) in [5.74, 6) is 0.668. The summed E-state index contributed by atoms with van der Waals surface area (Å²) in [6.45, 7) is 7.64. The summed E-state index contributed by atoms with van der Waals surface area (Å²) in [5.41, 5.74) is 6.31. The molecule has 2 aromatic carbocycles. The highest BCUT2D eigenvalue weighted by Gasteiger charge is 2.23. The fourth-order valence-corrected chi connectivity index (χ4v) is 6.06. The number of aromatic nitrogens is 3. The number of ether oxygens (including phenoxy) is 2. The lowest BCUT2D eigenvalue weighted by atomic mass is 10.00. The maximum absolute atomic E-state index is 11.3. The molecule has 6 rings (SSSR count). The van der Waals surface area contributed by atoms with Gasteiger partial charge in [0.05, 0.1) is 53.2 Å². The first-order chi connectivity index (χ1) is 22.9. The second-order valence-electron chi connectivity index (χ2n) is 12.1. The van der Waals surface area contributed by atoms with E-state index in [1.54, 1.807) is 0 Å². The lowest BCUT2D eigenvalue weighted by Gasteiger charge is -2.36. The number of unbranched alkanes of at least 4 members (excludes halogenated alkanes) is 1. The number of benzene rings is 2. The average molecular weight is 628 g/mol. The highest BCUT2D eigenvalue weighted by atomic mass is 16.5. The Balaban J connectivity index is 1.35. The highest BCUT2D eigenvalue weighted by Crippen LogP contribution is 2.29. The van der Waals surface area contributed by atoms with Crippen LogP contribution in [0.3, 0.4) is 0 Å². The van der Waals surface area contributed by atoms with E-state index in [-0.39, 0.29) is 24.2 Å². The van der Waals surface area contributed by atoms with Crippen LogP contribution < -0.4 is 4.90 Å². The van der Waals surface area contributed by atoms with Crippen LogP contribution >= 0.6 is 0 Å². The van der Waals surface area contributed by atoms with Gasteiger partial charge in [0, 0.05) is 42.7 Å². The molecule has 0 aliphatic carbocycles. The van der Waals surface area contributed by atoms with Crippen molar-refractivity contribution in [2.24, 2.45) is 4.99 Å². The molecule has 1 aliphatic rings. The van der Waals surface area contributed by atoms with Crippen LogP contribution in [0.4, 0.5) is 5.82 Å². The Hall–Kier alpha value is -4.95. The number of rotatable bonds is 11. The quantitative estimate of drug-likeness (QED) is 0.0846. The Labute approximate surface area is 276 Å². The van der Waals surface area contributed by atoms with E-state index in [0.29, 0.717) is 6.61 Å². The van der Waals surface area contributed by atoms with E-state index in [9.17, 15) is 4.79 Å². The number of anilines is 1. The summed E-state index contributed by atoms with van der Waals surface area (Å²) in [6.07, 6.45) is 4.49. The first-order valence-electron chi connectivity index (χ1n) is 16.4. The van der Waals surface area contributed by atoms with Gasteiger partial charge in [-0.3, -0.25) is 14.8 Å². The third-order valence-electron chi connectivity index (χ3n) is 8.23. The van der Waals surface area contributed by atoms with Gasteiger partial charge in [-0.25, -0.2) is 9.97 Å². The molecule has 3 atom stereocenters. The third kappa shape index (κ3) is 8.26. The number of hydrogen-bond donors (Lipinski definition) is 0. The predicted molar refractivity (Wildman–Crippen MR) is 187 cm³/mol. The molecule has 4 heterocycles. The molecule has 8 heteroatoms. The molecule has 0 spiro atoms. The summed E-state index contributed by atoms with van der Waals surface area (Å²) in [6, 6.07) is 32.5. The van der Waals surface area contributed by atoms with Crippen LogP contribution in [-0.2, 0) is 14.3 Å². The first kappa shape index (κ1) is 32.0. The van der Waals surface area contributed by atoms with E-state index < -0.39 is 0 Å². The molecule has 0 radical (unpaired) electrons. The van der Waals surface area contributed by atoms with Crippen molar-refractivity contribution in [2.45, 2.75) is 58.3 Å². The van der Waals surface area contributed by atoms with Gasteiger partial charge in [0.15, 0.2) is 0 Å². The van der Waals surface area contributed by atoms with Crippen molar-refractivity contribution in [1.29, 1.82) is 0 Å². The molecule has 0 bridgehead atoms. The van der Waals surface area contributed by atoms with Gasteiger partial charge in [0.25, 0.3) is 0 Å². The van der Waals surface area contributed by atoms with E-state index in [1.165, 1.54) is 6.92 Å². The molecule has 1 aliphatic heterocycles. The van der Waals surface area contributed by atoms with Crippen LogP contribution in [0.1, 0.15) is 62.9 Å². The van der Waals surface area contributed by atoms with Gasteiger partial charge in [-0.15, -0.1) is 0 Å². The minimum atomic E-state index is -0.262. The lowest BCUT2D eigenvalue weighted by molar-refractivity contribution is -0.141. The molecule has 240 valence electrons. The minimum absolute atomic E-state index is 0.149. The Morgan fingerprint density at radius 1 is 0.872 bits per heavy atom. The smallest absolute Gasteiger partial charge is 0.302 e. The topological polar surface area (TPSA) is 89.8 Å². The van der Waals surface area contributed by atoms with Crippen LogP contribution in [0, 0.1) is 0 Å². The Morgan fingerprint density at radius 2 is 1.55 bits per heavy atom. The van der Waals surface area contributed by atoms with Crippen molar-refractivity contribution < 1.29 is 14.3 Å². The SMILES string of the molecule is CC(=O)OCCCCC(N=C(c1ccccc1)c1ccccc1)c1cc2nc(-c3cccc(N4C[C@@H](C)O[C@@H](C)C4)n3)ccc2cn1. The highest BCUT2D eigenvalue weighted by molar-refractivity contribution is 6.13. The van der Waals surface area contributed by atoms with E-state index in [1.807, 2.05) is 60.8 Å². The van der Waals surface area contributed by atoms with Crippen molar-refractivity contribution in [2.75, 3.05) is 24.6 Å². The van der Waals surface area contributed by atoms with Crippen LogP contribution in [0.2, 0.25) is 0 Å². The second-order valence-corrected chi connectivity index (χ2v) is 12.1. The number of morpholine rings is 1. The number of esters is 1. The Morgan fingerprint density at radius 3 is 2.23 bits per heavy atom. The summed E-state index contributed by atoms with van der Waals surface area (Å²) in [5, 5.41) is 0.952. The molecule has 1 saturated heterocycles. The average Bonchev–Trinajstić information content (AvgIpc) is 3.09. The van der Waals surface area contributed by atoms with Crippen LogP contribution in [-0.4, -0.2) is 58.5 Å². The normalized spacial score (nSPS) is 16.9. The largest absolute Gasteiger partial charge is 0.466 e. The maximum atomic E-state index is 11.3. The van der Waals surface area contributed by atoms with Crippen LogP contribution in [0.25, 0.3) is 22.3 Å². The monoisotopic (exact) mass is 627 g/mol. The number of nitrogens with zero attached hydrogens (tertiary/aromatic N) is 5. The van der Waals surface area contributed by atoms with Crippen molar-refractivity contribution in [1.82, 2.24) is 15.0 Å². The summed E-state index contributed by atoms with van der Waals surface area (Å²) in [7, 11) is 0. The van der Waals surface area contributed by atoms with Crippen molar-refractivity contribution in [3.8, 4) is 11.4 Å². The fourth-order valence-electron chi connectivity index (χ4n) is 6.06. The lowest BCUT2D eigenvalue weighted by Crippen LogP contribution is -2.45. The van der Waals surface area contributed by atoms with Crippen molar-refractivity contribution in [3.05, 3.63) is 120 Å². The molecule has 0 saturated carbocycles. The third-order valence-corrected chi connectivity index (χ3v) is 8.23. The maximum Gasteiger partial charge on any atom is 0.302 e. The standard InChI is InChI=1S/C39H41N5O3/c1-27-25-44(26-28(2)47-27)38-19-12-18-33(42-38)35-21-20-32-24-40-37(23-36(32)41-35)34(17-10-11-22-46-29(3)45)43-39(30-13-6-4-7-14-30)31-15-8-5-9-16-31/h4-9,12-16,18-21,23-24,27-28,34H,10-11,17,22,25-26H2,1-3H3/t27-,28+,34?. The number of carbonyl (C=O) groups excluding carboxylic acids is 1. The zero-order valence-electron chi connectivity index (χ0n) is 27.3. The van der Waals surface area contributed by atoms with E-state index >= 15 is 0 Å². The minimum Gasteiger partial charge on any atom is -0.466 e. The fraction of sp³-hybridized carbons (Fsp3) is 0.308.